The van der Waals surface area contributed by atoms with E-state index in [1.807, 2.05) is 4.90 Å². The minimum absolute atomic E-state index is 0.126. The molecular formula is C17H25N5O2. The normalized spacial score (nSPS) is 19.3. The lowest BCUT2D eigenvalue weighted by Gasteiger charge is -2.31. The molecule has 3 rings (SSSR count). The fourth-order valence-corrected chi connectivity index (χ4v) is 3.44. The summed E-state index contributed by atoms with van der Waals surface area (Å²) in [6, 6.07) is 2.25. The highest BCUT2D eigenvalue weighted by Crippen LogP contribution is 2.19. The van der Waals surface area contributed by atoms with E-state index in [0.29, 0.717) is 11.5 Å². The van der Waals surface area contributed by atoms with Crippen LogP contribution in [0.25, 0.3) is 0 Å². The summed E-state index contributed by atoms with van der Waals surface area (Å²) in [6.07, 6.45) is 7.66. The van der Waals surface area contributed by atoms with E-state index in [-0.39, 0.29) is 23.9 Å². The number of piperidine rings is 1. The van der Waals surface area contributed by atoms with Gasteiger partial charge in [-0.1, -0.05) is 12.8 Å². The summed E-state index contributed by atoms with van der Waals surface area (Å²) in [4.78, 5) is 33.8. The van der Waals surface area contributed by atoms with E-state index in [0.717, 1.165) is 38.8 Å². The average molecular weight is 331 g/mol. The Labute approximate surface area is 142 Å². The Balaban J connectivity index is 1.55. The molecule has 2 fully saturated rings. The van der Waals surface area contributed by atoms with Gasteiger partial charge in [-0.25, -0.2) is 9.97 Å². The number of likely N-dealkylation sites (tertiary alicyclic amines) is 1. The highest BCUT2D eigenvalue weighted by Gasteiger charge is 2.22. The Bertz CT molecular complexity index is 592. The van der Waals surface area contributed by atoms with Crippen molar-refractivity contribution in [2.24, 2.45) is 0 Å². The zero-order valence-corrected chi connectivity index (χ0v) is 14.1. The number of hydrogen-bond acceptors (Lipinski definition) is 5. The van der Waals surface area contributed by atoms with Crippen molar-refractivity contribution in [3.63, 3.8) is 0 Å². The first-order valence-electron chi connectivity index (χ1n) is 8.77. The van der Waals surface area contributed by atoms with Gasteiger partial charge in [-0.2, -0.15) is 0 Å². The minimum Gasteiger partial charge on any atom is -0.367 e. The molecule has 1 aliphatic heterocycles. The third-order valence-corrected chi connectivity index (χ3v) is 4.88. The number of rotatable bonds is 4. The number of nitrogens with zero attached hydrogens (tertiary/aromatic N) is 3. The van der Waals surface area contributed by atoms with Crippen LogP contribution in [0.1, 0.15) is 55.9 Å². The summed E-state index contributed by atoms with van der Waals surface area (Å²) in [6.45, 7) is 3.12. The third-order valence-electron chi connectivity index (χ3n) is 4.88. The van der Waals surface area contributed by atoms with Crippen LogP contribution in [0.15, 0.2) is 12.4 Å². The maximum Gasteiger partial charge on any atom is 0.270 e. The zero-order valence-electron chi connectivity index (χ0n) is 14.1. The van der Waals surface area contributed by atoms with E-state index in [1.54, 1.807) is 13.0 Å². The lowest BCUT2D eigenvalue weighted by atomic mass is 10.1. The van der Waals surface area contributed by atoms with Crippen LogP contribution in [0.4, 0.5) is 5.82 Å². The Morgan fingerprint density at radius 3 is 2.46 bits per heavy atom. The molecule has 2 aliphatic rings. The number of carbonyl (C=O) groups excluding carboxylic acids is 2. The van der Waals surface area contributed by atoms with Crippen molar-refractivity contribution in [3.05, 3.63) is 18.1 Å². The largest absolute Gasteiger partial charge is 0.367 e. The van der Waals surface area contributed by atoms with Gasteiger partial charge in [-0.15, -0.1) is 0 Å². The fourth-order valence-electron chi connectivity index (χ4n) is 3.44. The van der Waals surface area contributed by atoms with Crippen LogP contribution >= 0.6 is 0 Å². The van der Waals surface area contributed by atoms with Gasteiger partial charge in [0, 0.05) is 38.2 Å². The summed E-state index contributed by atoms with van der Waals surface area (Å²) in [5, 5.41) is 6.40. The van der Waals surface area contributed by atoms with Crippen molar-refractivity contribution in [2.75, 3.05) is 18.4 Å². The Morgan fingerprint density at radius 2 is 1.79 bits per heavy atom. The van der Waals surface area contributed by atoms with Gasteiger partial charge in [-0.3, -0.25) is 9.59 Å². The number of aromatic nitrogens is 2. The number of nitrogens with one attached hydrogen (secondary N) is 2. The Morgan fingerprint density at radius 1 is 1.08 bits per heavy atom. The second kappa shape index (κ2) is 7.59. The predicted molar refractivity (Wildman–Crippen MR) is 90.7 cm³/mol. The third kappa shape index (κ3) is 4.21. The highest BCUT2D eigenvalue weighted by molar-refractivity contribution is 5.93. The molecular weight excluding hydrogens is 306 g/mol. The number of anilines is 1. The molecule has 0 unspecified atom stereocenters. The van der Waals surface area contributed by atoms with E-state index < -0.39 is 0 Å². The molecule has 1 aromatic rings. The zero-order chi connectivity index (χ0) is 16.9. The number of carbonyl (C=O) groups is 2. The Hall–Kier alpha value is -2.18. The van der Waals surface area contributed by atoms with Crippen molar-refractivity contribution in [1.29, 1.82) is 0 Å². The highest BCUT2D eigenvalue weighted by atomic mass is 16.2. The van der Waals surface area contributed by atoms with Gasteiger partial charge in [0.2, 0.25) is 5.91 Å². The van der Waals surface area contributed by atoms with Crippen LogP contribution < -0.4 is 10.6 Å². The summed E-state index contributed by atoms with van der Waals surface area (Å²) in [5.41, 5.74) is 0.403. The summed E-state index contributed by atoms with van der Waals surface area (Å²) >= 11 is 0. The fraction of sp³-hybridized carbons (Fsp3) is 0.647. The van der Waals surface area contributed by atoms with Crippen molar-refractivity contribution in [1.82, 2.24) is 20.2 Å². The molecule has 0 spiro atoms. The minimum atomic E-state index is -0.126. The first kappa shape index (κ1) is 16.7. The van der Waals surface area contributed by atoms with Crippen molar-refractivity contribution >= 4 is 17.6 Å². The molecule has 1 saturated carbocycles. The molecule has 0 bridgehead atoms. The molecule has 130 valence electrons. The van der Waals surface area contributed by atoms with E-state index in [4.69, 9.17) is 0 Å². The van der Waals surface area contributed by atoms with Gasteiger partial charge in [0.05, 0.1) is 0 Å². The lowest BCUT2D eigenvalue weighted by Crippen LogP contribution is -2.41. The second-order valence-corrected chi connectivity index (χ2v) is 6.67. The maximum absolute atomic E-state index is 12.3. The van der Waals surface area contributed by atoms with Gasteiger partial charge < -0.3 is 15.5 Å². The predicted octanol–water partition coefficient (Wildman–Crippen LogP) is 1.57. The average Bonchev–Trinajstić information content (AvgIpc) is 3.08. The quantitative estimate of drug-likeness (QED) is 0.874. The topological polar surface area (TPSA) is 87.2 Å². The Kier molecular flexibility index (Phi) is 5.27. The molecule has 0 aromatic carbocycles. The molecule has 0 radical (unpaired) electrons. The van der Waals surface area contributed by atoms with E-state index >= 15 is 0 Å². The lowest BCUT2D eigenvalue weighted by molar-refractivity contribution is -0.129. The van der Waals surface area contributed by atoms with Gasteiger partial charge >= 0.3 is 0 Å². The van der Waals surface area contributed by atoms with Crippen molar-refractivity contribution < 1.29 is 9.59 Å². The van der Waals surface area contributed by atoms with Crippen molar-refractivity contribution in [2.45, 2.75) is 57.5 Å². The van der Waals surface area contributed by atoms with Crippen LogP contribution in [0.5, 0.6) is 0 Å². The summed E-state index contributed by atoms with van der Waals surface area (Å²) in [7, 11) is 0. The van der Waals surface area contributed by atoms with Gasteiger partial charge in [0.15, 0.2) is 0 Å². The second-order valence-electron chi connectivity index (χ2n) is 6.67. The molecule has 1 aromatic heterocycles. The first-order valence-corrected chi connectivity index (χ1v) is 8.77. The SMILES string of the molecule is CC(=O)N1CCC(Nc2cc(C(=O)NC3CCCC3)ncn2)CC1. The molecule has 2 amide bonds. The van der Waals surface area contributed by atoms with Crippen LogP contribution in [-0.4, -0.2) is 51.9 Å². The number of hydrogen-bond donors (Lipinski definition) is 2. The van der Waals surface area contributed by atoms with Crippen LogP contribution in [-0.2, 0) is 4.79 Å². The molecule has 24 heavy (non-hydrogen) atoms. The maximum atomic E-state index is 12.3. The van der Waals surface area contributed by atoms with Gasteiger partial charge in [-0.05, 0) is 25.7 Å². The monoisotopic (exact) mass is 331 g/mol. The first-order chi connectivity index (χ1) is 11.6. The summed E-state index contributed by atoms with van der Waals surface area (Å²) in [5.74, 6) is 0.669. The molecule has 2 N–H and O–H groups in total. The van der Waals surface area contributed by atoms with Gasteiger partial charge in [0.25, 0.3) is 5.91 Å². The van der Waals surface area contributed by atoms with Crippen LogP contribution in [0.3, 0.4) is 0 Å². The van der Waals surface area contributed by atoms with Gasteiger partial charge in [0.1, 0.15) is 17.8 Å². The standard InChI is InChI=1S/C17H25N5O2/c1-12(23)22-8-6-14(7-9-22)20-16-10-15(18-11-19-16)17(24)21-13-4-2-3-5-13/h10-11,13-14H,2-9H2,1H3,(H,21,24)(H,18,19,20). The smallest absolute Gasteiger partial charge is 0.270 e. The van der Waals surface area contributed by atoms with Crippen LogP contribution in [0.2, 0.25) is 0 Å². The molecule has 1 aliphatic carbocycles. The van der Waals surface area contributed by atoms with E-state index in [1.165, 1.54) is 19.2 Å². The summed E-state index contributed by atoms with van der Waals surface area (Å²) < 4.78 is 0. The molecule has 7 nitrogen and oxygen atoms in total. The van der Waals surface area contributed by atoms with E-state index in [2.05, 4.69) is 20.6 Å². The number of amides is 2. The van der Waals surface area contributed by atoms with E-state index in [9.17, 15) is 9.59 Å². The molecule has 2 heterocycles. The van der Waals surface area contributed by atoms with Crippen LogP contribution in [0, 0.1) is 0 Å². The van der Waals surface area contributed by atoms with Crippen molar-refractivity contribution in [3.8, 4) is 0 Å². The molecule has 7 heteroatoms. The molecule has 1 saturated heterocycles. The molecule has 0 atom stereocenters.